The van der Waals surface area contributed by atoms with E-state index in [4.69, 9.17) is 4.74 Å². The minimum absolute atomic E-state index is 0.121. The van der Waals surface area contributed by atoms with Gasteiger partial charge in [-0.3, -0.25) is 0 Å². The number of rotatable bonds is 4. The molecule has 0 fully saturated rings. The number of fused-ring (bicyclic) bond motifs is 1. The summed E-state index contributed by atoms with van der Waals surface area (Å²) >= 11 is 0. The van der Waals surface area contributed by atoms with Crippen molar-refractivity contribution in [3.05, 3.63) is 59.2 Å². The summed E-state index contributed by atoms with van der Waals surface area (Å²) in [5.74, 6) is -0.0399. The van der Waals surface area contributed by atoms with E-state index in [0.29, 0.717) is 5.56 Å². The van der Waals surface area contributed by atoms with Crippen LogP contribution in [0, 0.1) is 0 Å². The molecule has 1 atom stereocenters. The highest BCUT2D eigenvalue weighted by atomic mass is 16.5. The van der Waals surface area contributed by atoms with Crippen molar-refractivity contribution >= 4 is 11.7 Å². The number of carbonyl (C=O) groups is 1. The maximum Gasteiger partial charge on any atom is 0.337 e. The normalized spacial score (nSPS) is 16.6. The molecule has 1 unspecified atom stereocenters. The van der Waals surface area contributed by atoms with Gasteiger partial charge in [0.25, 0.3) is 0 Å². The first-order valence-corrected chi connectivity index (χ1v) is 7.93. The van der Waals surface area contributed by atoms with Crippen LogP contribution in [0.4, 0.5) is 5.69 Å². The fourth-order valence-corrected chi connectivity index (χ4v) is 3.00. The van der Waals surface area contributed by atoms with Crippen molar-refractivity contribution in [3.8, 4) is 5.75 Å². The predicted molar refractivity (Wildman–Crippen MR) is 90.3 cm³/mol. The Kier molecular flexibility index (Phi) is 4.24. The topological polar surface area (TPSA) is 58.6 Å². The van der Waals surface area contributed by atoms with E-state index in [2.05, 4.69) is 5.32 Å². The summed E-state index contributed by atoms with van der Waals surface area (Å²) in [6.07, 6.45) is 1.97. The highest BCUT2D eigenvalue weighted by Gasteiger charge is 2.23. The van der Waals surface area contributed by atoms with Crippen molar-refractivity contribution in [3.63, 3.8) is 0 Å². The fourth-order valence-electron chi connectivity index (χ4n) is 3.00. The fraction of sp³-hybridized carbons (Fsp3) is 0.316. The lowest BCUT2D eigenvalue weighted by molar-refractivity contribution is 0.0697. The van der Waals surface area contributed by atoms with Crippen LogP contribution in [0.3, 0.4) is 0 Å². The number of aromatic carboxylic acids is 1. The first-order chi connectivity index (χ1) is 11.0. The Bertz CT molecular complexity index is 707. The van der Waals surface area contributed by atoms with Gasteiger partial charge in [0.2, 0.25) is 0 Å². The molecule has 2 N–H and O–H groups in total. The summed E-state index contributed by atoms with van der Waals surface area (Å²) in [6.45, 7) is 4.00. The van der Waals surface area contributed by atoms with Crippen molar-refractivity contribution in [1.29, 1.82) is 0 Å². The van der Waals surface area contributed by atoms with Crippen LogP contribution in [0.1, 0.15) is 47.8 Å². The Morgan fingerprint density at radius 1 is 1.22 bits per heavy atom. The molecule has 4 nitrogen and oxygen atoms in total. The van der Waals surface area contributed by atoms with Gasteiger partial charge < -0.3 is 15.2 Å². The average Bonchev–Trinajstić information content (AvgIpc) is 2.54. The van der Waals surface area contributed by atoms with Gasteiger partial charge in [-0.05, 0) is 56.0 Å². The second-order valence-electron chi connectivity index (χ2n) is 6.12. The summed E-state index contributed by atoms with van der Waals surface area (Å²) in [7, 11) is 0. The largest absolute Gasteiger partial charge is 0.491 e. The molecular weight excluding hydrogens is 290 g/mol. The molecule has 0 amide bonds. The van der Waals surface area contributed by atoms with E-state index in [1.165, 1.54) is 0 Å². The lowest BCUT2D eigenvalue weighted by Crippen LogP contribution is -2.20. The predicted octanol–water partition coefficient (Wildman–Crippen LogP) is 4.27. The van der Waals surface area contributed by atoms with Gasteiger partial charge in [-0.2, -0.15) is 0 Å². The van der Waals surface area contributed by atoms with E-state index in [1.54, 1.807) is 6.07 Å². The Morgan fingerprint density at radius 3 is 2.61 bits per heavy atom. The number of hydrogen-bond donors (Lipinski definition) is 2. The van der Waals surface area contributed by atoms with Gasteiger partial charge in [-0.1, -0.05) is 24.3 Å². The molecule has 0 saturated heterocycles. The summed E-state index contributed by atoms with van der Waals surface area (Å²) in [5, 5.41) is 12.8. The number of nitrogens with one attached hydrogen (secondary N) is 1. The van der Waals surface area contributed by atoms with Gasteiger partial charge >= 0.3 is 5.97 Å². The summed E-state index contributed by atoms with van der Waals surface area (Å²) < 4.78 is 5.67. The third-order valence-corrected chi connectivity index (χ3v) is 4.06. The number of ether oxygens (including phenoxy) is 1. The zero-order valence-electron chi connectivity index (χ0n) is 13.4. The van der Waals surface area contributed by atoms with Gasteiger partial charge in [0, 0.05) is 0 Å². The quantitative estimate of drug-likeness (QED) is 0.885. The first kappa shape index (κ1) is 15.4. The molecule has 0 spiro atoms. The lowest BCUT2D eigenvalue weighted by atomic mass is 9.91. The molecule has 1 heterocycles. The molecule has 0 radical (unpaired) electrons. The van der Waals surface area contributed by atoms with Gasteiger partial charge in [0.05, 0.1) is 23.4 Å². The number of carboxylic acid groups (broad SMARTS) is 1. The first-order valence-electron chi connectivity index (χ1n) is 7.93. The average molecular weight is 311 g/mol. The Morgan fingerprint density at radius 2 is 1.96 bits per heavy atom. The molecule has 1 aliphatic rings. The molecule has 0 aromatic heterocycles. The van der Waals surface area contributed by atoms with E-state index in [-0.39, 0.29) is 12.1 Å². The van der Waals surface area contributed by atoms with Crippen molar-refractivity contribution in [2.24, 2.45) is 0 Å². The van der Waals surface area contributed by atoms with Gasteiger partial charge in [-0.25, -0.2) is 4.79 Å². The van der Waals surface area contributed by atoms with E-state index >= 15 is 0 Å². The van der Waals surface area contributed by atoms with Crippen LogP contribution >= 0.6 is 0 Å². The summed E-state index contributed by atoms with van der Waals surface area (Å²) in [5.41, 5.74) is 3.30. The zero-order valence-corrected chi connectivity index (χ0v) is 13.4. The minimum atomic E-state index is -0.893. The highest BCUT2D eigenvalue weighted by molar-refractivity contribution is 5.95. The number of aryl methyl sites for hydroxylation is 1. The Hall–Kier alpha value is -2.49. The van der Waals surface area contributed by atoms with E-state index in [1.807, 2.05) is 50.2 Å². The third-order valence-electron chi connectivity index (χ3n) is 4.06. The van der Waals surface area contributed by atoms with Gasteiger partial charge in [0.15, 0.2) is 0 Å². The minimum Gasteiger partial charge on any atom is -0.491 e. The molecule has 2 aromatic carbocycles. The maximum atomic E-state index is 11.4. The van der Waals surface area contributed by atoms with Crippen LogP contribution in [0.2, 0.25) is 0 Å². The number of para-hydroxylation sites is 1. The number of benzene rings is 2. The molecule has 4 heteroatoms. The highest BCUT2D eigenvalue weighted by Crippen LogP contribution is 2.35. The standard InChI is InChI=1S/C19H21NO3/c1-12(2)23-15-9-6-13(7-10-15)17-11-8-14-4-3-5-16(19(21)22)18(14)20-17/h3-7,9-10,12,17,20H,8,11H2,1-2H3,(H,21,22). The molecule has 0 saturated carbocycles. The van der Waals surface area contributed by atoms with E-state index < -0.39 is 5.97 Å². The van der Waals surface area contributed by atoms with Gasteiger partial charge in [-0.15, -0.1) is 0 Å². The van der Waals surface area contributed by atoms with E-state index in [9.17, 15) is 9.90 Å². The molecule has 120 valence electrons. The molecule has 0 aliphatic carbocycles. The monoisotopic (exact) mass is 311 g/mol. The van der Waals surface area contributed by atoms with Crippen molar-refractivity contribution in [2.75, 3.05) is 5.32 Å². The molecular formula is C19H21NO3. The second-order valence-corrected chi connectivity index (χ2v) is 6.12. The van der Waals surface area contributed by atoms with Crippen LogP contribution in [-0.4, -0.2) is 17.2 Å². The van der Waals surface area contributed by atoms with Crippen molar-refractivity contribution in [1.82, 2.24) is 0 Å². The van der Waals surface area contributed by atoms with Crippen LogP contribution in [0.15, 0.2) is 42.5 Å². The van der Waals surface area contributed by atoms with Crippen molar-refractivity contribution in [2.45, 2.75) is 38.8 Å². The Labute approximate surface area is 136 Å². The molecule has 23 heavy (non-hydrogen) atoms. The molecule has 0 bridgehead atoms. The van der Waals surface area contributed by atoms with Gasteiger partial charge in [0.1, 0.15) is 5.75 Å². The lowest BCUT2D eigenvalue weighted by Gasteiger charge is -2.28. The number of anilines is 1. The third kappa shape index (κ3) is 3.31. The smallest absolute Gasteiger partial charge is 0.337 e. The number of hydrogen-bond acceptors (Lipinski definition) is 3. The SMILES string of the molecule is CC(C)Oc1ccc(C2CCc3cccc(C(=O)O)c3N2)cc1. The van der Waals surface area contributed by atoms with Crippen LogP contribution in [0.25, 0.3) is 0 Å². The molecule has 1 aliphatic heterocycles. The van der Waals surface area contributed by atoms with Crippen LogP contribution < -0.4 is 10.1 Å². The molecule has 3 rings (SSSR count). The van der Waals surface area contributed by atoms with Crippen LogP contribution in [0.5, 0.6) is 5.75 Å². The number of carboxylic acids is 1. The van der Waals surface area contributed by atoms with E-state index in [0.717, 1.165) is 35.4 Å². The van der Waals surface area contributed by atoms with Crippen molar-refractivity contribution < 1.29 is 14.6 Å². The second kappa shape index (κ2) is 6.32. The van der Waals surface area contributed by atoms with Crippen LogP contribution in [-0.2, 0) is 6.42 Å². The summed E-state index contributed by atoms with van der Waals surface area (Å²) in [4.78, 5) is 11.4. The Balaban J connectivity index is 1.83. The zero-order chi connectivity index (χ0) is 16.4. The summed E-state index contributed by atoms with van der Waals surface area (Å²) in [6, 6.07) is 13.6. The maximum absolute atomic E-state index is 11.4. The molecule has 2 aromatic rings.